The van der Waals surface area contributed by atoms with E-state index >= 15 is 0 Å². The summed E-state index contributed by atoms with van der Waals surface area (Å²) in [5.74, 6) is 0. The van der Waals surface area contributed by atoms with Crippen molar-refractivity contribution in [2.45, 2.75) is 6.18 Å². The normalized spacial score (nSPS) is 11.9. The summed E-state index contributed by atoms with van der Waals surface area (Å²) in [5, 5.41) is 7.55. The molecule has 98 valence electrons. The molecular weight excluding hydrogens is 295 g/mol. The third-order valence-electron chi connectivity index (χ3n) is 2.37. The molecule has 0 atom stereocenters. The maximum absolute atomic E-state index is 12.8. The van der Waals surface area contributed by atoms with Crippen LogP contribution in [0.5, 0.6) is 0 Å². The van der Waals surface area contributed by atoms with Crippen LogP contribution in [0, 0.1) is 0 Å². The zero-order valence-electron chi connectivity index (χ0n) is 9.26. The van der Waals surface area contributed by atoms with Crippen LogP contribution >= 0.6 is 22.7 Å². The first kappa shape index (κ1) is 12.4. The number of rotatable bonds is 2. The van der Waals surface area contributed by atoms with Gasteiger partial charge in [-0.1, -0.05) is 6.07 Å². The monoisotopic (exact) mass is 301 g/mol. The van der Waals surface area contributed by atoms with E-state index in [2.05, 4.69) is 10.1 Å². The SMILES string of the molecule is FC(F)(F)c1cc(-c2cccs2)n(-c2nccs2)n1. The van der Waals surface area contributed by atoms with Crippen LogP contribution in [0.4, 0.5) is 13.2 Å². The molecule has 3 aromatic heterocycles. The van der Waals surface area contributed by atoms with Gasteiger partial charge in [-0.3, -0.25) is 0 Å². The van der Waals surface area contributed by atoms with Gasteiger partial charge in [0.05, 0.1) is 10.6 Å². The second kappa shape index (κ2) is 4.46. The molecule has 0 aliphatic heterocycles. The minimum absolute atomic E-state index is 0.400. The van der Waals surface area contributed by atoms with Crippen LogP contribution < -0.4 is 0 Å². The molecule has 0 aromatic carbocycles. The fraction of sp³-hybridized carbons (Fsp3) is 0.0909. The first-order chi connectivity index (χ1) is 9.05. The summed E-state index contributed by atoms with van der Waals surface area (Å²) in [5.41, 5.74) is -0.511. The van der Waals surface area contributed by atoms with Crippen LogP contribution in [-0.2, 0) is 6.18 Å². The van der Waals surface area contributed by atoms with Gasteiger partial charge in [0, 0.05) is 11.6 Å². The molecule has 0 fully saturated rings. The lowest BCUT2D eigenvalue weighted by molar-refractivity contribution is -0.141. The lowest BCUT2D eigenvalue weighted by atomic mass is 10.3. The van der Waals surface area contributed by atoms with Crippen LogP contribution in [0.1, 0.15) is 5.69 Å². The van der Waals surface area contributed by atoms with Gasteiger partial charge in [0.1, 0.15) is 0 Å². The number of halogens is 3. The highest BCUT2D eigenvalue weighted by atomic mass is 32.1. The predicted molar refractivity (Wildman–Crippen MR) is 67.6 cm³/mol. The van der Waals surface area contributed by atoms with Crippen LogP contribution in [0.25, 0.3) is 15.7 Å². The van der Waals surface area contributed by atoms with Gasteiger partial charge in [-0.05, 0) is 17.5 Å². The number of hydrogen-bond acceptors (Lipinski definition) is 4. The molecule has 0 aliphatic rings. The van der Waals surface area contributed by atoms with E-state index in [0.717, 1.165) is 10.9 Å². The summed E-state index contributed by atoms with van der Waals surface area (Å²) in [6.07, 6.45) is -2.93. The topological polar surface area (TPSA) is 30.7 Å². The second-order valence-corrected chi connectivity index (χ2v) is 5.44. The highest BCUT2D eigenvalue weighted by Gasteiger charge is 2.35. The van der Waals surface area contributed by atoms with Gasteiger partial charge in [0.15, 0.2) is 5.69 Å². The second-order valence-electron chi connectivity index (χ2n) is 3.62. The zero-order chi connectivity index (χ0) is 13.5. The van der Waals surface area contributed by atoms with Crippen molar-refractivity contribution in [1.82, 2.24) is 14.8 Å². The van der Waals surface area contributed by atoms with Crippen molar-refractivity contribution in [2.24, 2.45) is 0 Å². The van der Waals surface area contributed by atoms with E-state index in [1.807, 2.05) is 5.38 Å². The zero-order valence-corrected chi connectivity index (χ0v) is 10.9. The first-order valence-corrected chi connectivity index (χ1v) is 6.92. The highest BCUT2D eigenvalue weighted by Crippen LogP contribution is 2.34. The van der Waals surface area contributed by atoms with E-state index in [1.54, 1.807) is 17.5 Å². The Labute approximate surface area is 114 Å². The van der Waals surface area contributed by atoms with Gasteiger partial charge >= 0.3 is 6.18 Å². The third-order valence-corrected chi connectivity index (χ3v) is 4.01. The molecule has 3 aromatic rings. The molecule has 0 N–H and O–H groups in total. The van der Waals surface area contributed by atoms with E-state index in [9.17, 15) is 13.2 Å². The lowest BCUT2D eigenvalue weighted by Crippen LogP contribution is -2.07. The average molecular weight is 301 g/mol. The smallest absolute Gasteiger partial charge is 0.227 e. The lowest BCUT2D eigenvalue weighted by Gasteiger charge is -2.01. The van der Waals surface area contributed by atoms with Crippen LogP contribution in [0.2, 0.25) is 0 Å². The molecule has 8 heteroatoms. The van der Waals surface area contributed by atoms with Crippen LogP contribution in [0.3, 0.4) is 0 Å². The van der Waals surface area contributed by atoms with E-state index in [-0.39, 0.29) is 0 Å². The first-order valence-electron chi connectivity index (χ1n) is 5.17. The highest BCUT2D eigenvalue weighted by molar-refractivity contribution is 7.13. The average Bonchev–Trinajstić information content (AvgIpc) is 3.09. The van der Waals surface area contributed by atoms with E-state index in [0.29, 0.717) is 10.8 Å². The Morgan fingerprint density at radius 3 is 2.58 bits per heavy atom. The Kier molecular flexibility index (Phi) is 2.90. The maximum Gasteiger partial charge on any atom is 0.435 e. The van der Waals surface area contributed by atoms with Crippen LogP contribution in [-0.4, -0.2) is 14.8 Å². The van der Waals surface area contributed by atoms with Crippen molar-refractivity contribution >= 4 is 22.7 Å². The minimum Gasteiger partial charge on any atom is -0.227 e. The Morgan fingerprint density at radius 2 is 2.00 bits per heavy atom. The predicted octanol–water partition coefficient (Wildman–Crippen LogP) is 4.08. The molecule has 0 unspecified atom stereocenters. The Balaban J connectivity index is 2.19. The van der Waals surface area contributed by atoms with E-state index in [4.69, 9.17) is 0 Å². The van der Waals surface area contributed by atoms with Gasteiger partial charge in [-0.2, -0.15) is 18.3 Å². The van der Waals surface area contributed by atoms with E-state index in [1.165, 1.54) is 33.6 Å². The Bertz CT molecular complexity index is 617. The van der Waals surface area contributed by atoms with Crippen molar-refractivity contribution in [3.63, 3.8) is 0 Å². The van der Waals surface area contributed by atoms with Crippen molar-refractivity contribution in [2.75, 3.05) is 0 Å². The van der Waals surface area contributed by atoms with Crippen molar-refractivity contribution in [1.29, 1.82) is 0 Å². The van der Waals surface area contributed by atoms with Gasteiger partial charge in [-0.25, -0.2) is 9.67 Å². The molecule has 0 aliphatic carbocycles. The molecule has 0 bridgehead atoms. The minimum atomic E-state index is -4.46. The number of alkyl halides is 3. The van der Waals surface area contributed by atoms with Gasteiger partial charge in [0.25, 0.3) is 0 Å². The molecule has 0 amide bonds. The Morgan fingerprint density at radius 1 is 1.16 bits per heavy atom. The molecule has 19 heavy (non-hydrogen) atoms. The summed E-state index contributed by atoms with van der Waals surface area (Å²) >= 11 is 2.60. The molecule has 0 saturated carbocycles. The van der Waals surface area contributed by atoms with E-state index < -0.39 is 11.9 Å². The Hall–Kier alpha value is -1.67. The molecule has 0 saturated heterocycles. The summed E-state index contributed by atoms with van der Waals surface area (Å²) in [6, 6.07) is 4.59. The molecule has 3 nitrogen and oxygen atoms in total. The molecule has 0 radical (unpaired) electrons. The fourth-order valence-electron chi connectivity index (χ4n) is 1.59. The number of hydrogen-bond donors (Lipinski definition) is 0. The summed E-state index contributed by atoms with van der Waals surface area (Å²) in [7, 11) is 0. The van der Waals surface area contributed by atoms with Crippen LogP contribution in [0.15, 0.2) is 35.2 Å². The number of nitrogens with zero attached hydrogens (tertiary/aromatic N) is 3. The summed E-state index contributed by atoms with van der Waals surface area (Å²) in [4.78, 5) is 4.73. The maximum atomic E-state index is 12.8. The fourth-order valence-corrected chi connectivity index (χ4v) is 2.92. The largest absolute Gasteiger partial charge is 0.435 e. The third kappa shape index (κ3) is 2.28. The summed E-state index contributed by atoms with van der Waals surface area (Å²) < 4.78 is 39.6. The van der Waals surface area contributed by atoms with Crippen molar-refractivity contribution in [3.8, 4) is 15.7 Å². The molecular formula is C11H6F3N3S2. The quantitative estimate of drug-likeness (QED) is 0.714. The molecule has 3 rings (SSSR count). The number of thiazole rings is 1. The standard InChI is InChI=1S/C11H6F3N3S2/c12-11(13,14)9-6-7(8-2-1-4-18-8)17(16-9)10-15-3-5-19-10/h1-6H. The van der Waals surface area contributed by atoms with Gasteiger partial charge in [0.2, 0.25) is 5.13 Å². The number of thiophene rings is 1. The van der Waals surface area contributed by atoms with Gasteiger partial charge < -0.3 is 0 Å². The summed E-state index contributed by atoms with van der Waals surface area (Å²) in [6.45, 7) is 0. The van der Waals surface area contributed by atoms with Crippen molar-refractivity contribution in [3.05, 3.63) is 40.8 Å². The molecule has 3 heterocycles. The van der Waals surface area contributed by atoms with Gasteiger partial charge in [-0.15, -0.1) is 22.7 Å². The van der Waals surface area contributed by atoms with Crippen molar-refractivity contribution < 1.29 is 13.2 Å². The number of aromatic nitrogens is 3. The molecule has 0 spiro atoms.